The topological polar surface area (TPSA) is 40.5 Å². The highest BCUT2D eigenvalue weighted by Gasteiger charge is 2.40. The molecule has 1 saturated heterocycles. The fraction of sp³-hybridized carbons (Fsp3) is 0.618. The molecule has 0 aromatic heterocycles. The first-order valence-electron chi connectivity index (χ1n) is 15.2. The summed E-state index contributed by atoms with van der Waals surface area (Å²) in [6, 6.07) is 22.9. The van der Waals surface area contributed by atoms with E-state index in [1.807, 2.05) is 36.4 Å². The minimum atomic E-state index is -0.506. The number of likely N-dealkylation sites (tertiary alicyclic amines) is 1. The molecule has 37 heavy (non-hydrogen) atoms. The molecule has 0 amide bonds. The maximum Gasteiger partial charge on any atom is 0.307 e. The summed E-state index contributed by atoms with van der Waals surface area (Å²) in [6.07, 6.45) is 16.2. The number of carboxylic acid groups (broad SMARTS) is 1. The number of hydrogen-bond donors (Lipinski definition) is 1. The molecule has 2 aromatic rings. The molecule has 1 N–H and O–H groups in total. The number of carbonyl (C=O) groups is 1. The number of aryl methyl sites for hydroxylation is 1. The lowest BCUT2D eigenvalue weighted by Gasteiger charge is -2.34. The van der Waals surface area contributed by atoms with E-state index in [-0.39, 0.29) is 5.92 Å². The van der Waals surface area contributed by atoms with Crippen molar-refractivity contribution >= 4 is 5.97 Å². The molecule has 1 aliphatic heterocycles. The highest BCUT2D eigenvalue weighted by atomic mass is 16.4. The van der Waals surface area contributed by atoms with Crippen LogP contribution in [0.3, 0.4) is 0 Å². The van der Waals surface area contributed by atoms with Gasteiger partial charge in [0.2, 0.25) is 0 Å². The molecule has 202 valence electrons. The van der Waals surface area contributed by atoms with Gasteiger partial charge < -0.3 is 10.0 Å². The van der Waals surface area contributed by atoms with Crippen molar-refractivity contribution in [2.75, 3.05) is 19.6 Å². The second-order valence-electron chi connectivity index (χ2n) is 12.0. The Balaban J connectivity index is 0.000000469. The first-order valence-corrected chi connectivity index (χ1v) is 15.2. The minimum Gasteiger partial charge on any atom is -0.481 e. The fourth-order valence-corrected chi connectivity index (χ4v) is 7.33. The average molecular weight is 504 g/mol. The van der Waals surface area contributed by atoms with E-state index >= 15 is 0 Å². The number of nitrogens with zero attached hydrogens (tertiary/aromatic N) is 1. The van der Waals surface area contributed by atoms with Crippen molar-refractivity contribution in [2.45, 2.75) is 83.5 Å². The van der Waals surface area contributed by atoms with Gasteiger partial charge in [0.15, 0.2) is 0 Å². The molecule has 2 aliphatic carbocycles. The molecule has 0 bridgehead atoms. The van der Waals surface area contributed by atoms with Crippen LogP contribution in [0.4, 0.5) is 0 Å². The summed E-state index contributed by atoms with van der Waals surface area (Å²) in [4.78, 5) is 14.8. The Morgan fingerprint density at radius 1 is 0.757 bits per heavy atom. The molecular weight excluding hydrogens is 454 g/mol. The third kappa shape index (κ3) is 9.28. The smallest absolute Gasteiger partial charge is 0.307 e. The van der Waals surface area contributed by atoms with Gasteiger partial charge in [0.25, 0.3) is 0 Å². The zero-order valence-electron chi connectivity index (χ0n) is 22.9. The third-order valence-corrected chi connectivity index (χ3v) is 9.34. The summed E-state index contributed by atoms with van der Waals surface area (Å²) >= 11 is 0. The number of hydrogen-bond acceptors (Lipinski definition) is 2. The quantitative estimate of drug-likeness (QED) is 0.376. The normalized spacial score (nSPS) is 24.2. The Morgan fingerprint density at radius 3 is 2.00 bits per heavy atom. The molecule has 3 fully saturated rings. The van der Waals surface area contributed by atoms with Gasteiger partial charge in [-0.1, -0.05) is 92.4 Å². The monoisotopic (exact) mass is 503 g/mol. The molecule has 5 rings (SSSR count). The van der Waals surface area contributed by atoms with Crippen molar-refractivity contribution in [1.29, 1.82) is 0 Å². The Morgan fingerprint density at radius 2 is 1.38 bits per heavy atom. The van der Waals surface area contributed by atoms with Crippen LogP contribution in [0.15, 0.2) is 66.7 Å². The van der Waals surface area contributed by atoms with Crippen LogP contribution in [0.1, 0.15) is 82.6 Å². The van der Waals surface area contributed by atoms with Gasteiger partial charge in [0, 0.05) is 6.54 Å². The second kappa shape index (κ2) is 15.3. The van der Waals surface area contributed by atoms with Crippen molar-refractivity contribution in [1.82, 2.24) is 4.90 Å². The molecule has 0 spiro atoms. The lowest BCUT2D eigenvalue weighted by Crippen LogP contribution is -2.37. The first kappa shape index (κ1) is 27.9. The van der Waals surface area contributed by atoms with E-state index in [0.717, 1.165) is 37.5 Å². The Kier molecular flexibility index (Phi) is 11.6. The van der Waals surface area contributed by atoms with Gasteiger partial charge >= 0.3 is 5.97 Å². The van der Waals surface area contributed by atoms with Crippen molar-refractivity contribution in [3.05, 3.63) is 72.3 Å². The summed E-state index contributed by atoms with van der Waals surface area (Å²) in [6.45, 7) is 3.72. The number of carboxylic acids is 1. The van der Waals surface area contributed by atoms with Crippen LogP contribution in [-0.4, -0.2) is 35.6 Å². The molecule has 3 atom stereocenters. The molecule has 2 saturated carbocycles. The van der Waals surface area contributed by atoms with Crippen molar-refractivity contribution in [3.8, 4) is 0 Å². The molecule has 1 heterocycles. The number of piperidine rings is 1. The largest absolute Gasteiger partial charge is 0.481 e. The molecule has 2 aromatic carbocycles. The average Bonchev–Trinajstić information content (AvgIpc) is 3.40. The van der Waals surface area contributed by atoms with Crippen LogP contribution in [-0.2, 0) is 11.2 Å². The number of benzene rings is 2. The second-order valence-corrected chi connectivity index (χ2v) is 12.0. The predicted molar refractivity (Wildman–Crippen MR) is 154 cm³/mol. The zero-order valence-corrected chi connectivity index (χ0v) is 22.9. The van der Waals surface area contributed by atoms with E-state index in [9.17, 15) is 9.90 Å². The minimum absolute atomic E-state index is 0.0688. The van der Waals surface area contributed by atoms with Gasteiger partial charge in [-0.3, -0.25) is 4.79 Å². The van der Waals surface area contributed by atoms with E-state index in [2.05, 4.69) is 35.2 Å². The standard InChI is InChI=1S/C28H43NO2.C6H6/c30-28(31)27(25-12-5-2-6-13-25)26-15-14-24(20-26)21-29-18-16-23(17-19-29)11-7-10-22-8-3-1-4-9-22;1-2-4-6-5-3-1/h1,3-4,8-9,23-27H,2,5-7,10-21H2,(H,30,31);1-6H. The number of aliphatic carboxylic acids is 1. The van der Waals surface area contributed by atoms with Crippen molar-refractivity contribution < 1.29 is 9.90 Å². The zero-order chi connectivity index (χ0) is 25.7. The Labute approximate surface area is 225 Å². The predicted octanol–water partition coefficient (Wildman–Crippen LogP) is 8.11. The number of rotatable bonds is 9. The van der Waals surface area contributed by atoms with Crippen molar-refractivity contribution in [3.63, 3.8) is 0 Å². The van der Waals surface area contributed by atoms with Gasteiger partial charge in [0.05, 0.1) is 5.92 Å². The highest BCUT2D eigenvalue weighted by Crippen LogP contribution is 2.43. The summed E-state index contributed by atoms with van der Waals surface area (Å²) in [5.74, 6) is 1.93. The van der Waals surface area contributed by atoms with Crippen LogP contribution >= 0.6 is 0 Å². The van der Waals surface area contributed by atoms with E-state index in [1.54, 1.807) is 0 Å². The van der Waals surface area contributed by atoms with Gasteiger partial charge in [-0.25, -0.2) is 0 Å². The molecule has 3 unspecified atom stereocenters. The van der Waals surface area contributed by atoms with Gasteiger partial charge in [0.1, 0.15) is 0 Å². The van der Waals surface area contributed by atoms with Gasteiger partial charge in [-0.2, -0.15) is 0 Å². The third-order valence-electron chi connectivity index (χ3n) is 9.34. The van der Waals surface area contributed by atoms with Crippen LogP contribution in [0, 0.1) is 29.6 Å². The summed E-state index contributed by atoms with van der Waals surface area (Å²) in [5, 5.41) is 9.96. The fourth-order valence-electron chi connectivity index (χ4n) is 7.33. The SMILES string of the molecule is O=C(O)C(C1CCCCC1)C1CCC(CN2CCC(CCCc3ccccc3)CC2)C1.c1ccccc1. The first-order chi connectivity index (χ1) is 18.2. The van der Waals surface area contributed by atoms with E-state index in [1.165, 1.54) is 83.0 Å². The van der Waals surface area contributed by atoms with E-state index in [0.29, 0.717) is 11.8 Å². The Hall–Kier alpha value is -2.13. The maximum absolute atomic E-state index is 12.1. The van der Waals surface area contributed by atoms with Crippen LogP contribution in [0.5, 0.6) is 0 Å². The van der Waals surface area contributed by atoms with E-state index in [4.69, 9.17) is 0 Å². The van der Waals surface area contributed by atoms with Crippen molar-refractivity contribution in [2.24, 2.45) is 29.6 Å². The van der Waals surface area contributed by atoms with Crippen LogP contribution in [0.2, 0.25) is 0 Å². The van der Waals surface area contributed by atoms with Crippen LogP contribution in [0.25, 0.3) is 0 Å². The summed E-state index contributed by atoms with van der Waals surface area (Å²) in [7, 11) is 0. The Bertz CT molecular complexity index is 844. The molecule has 0 radical (unpaired) electrons. The summed E-state index contributed by atoms with van der Waals surface area (Å²) in [5.41, 5.74) is 1.48. The van der Waals surface area contributed by atoms with Gasteiger partial charge in [-0.05, 0) is 100 Å². The molecular formula is C34H49NO2. The molecule has 3 nitrogen and oxygen atoms in total. The highest BCUT2D eigenvalue weighted by molar-refractivity contribution is 5.70. The lowest BCUT2D eigenvalue weighted by atomic mass is 9.73. The summed E-state index contributed by atoms with van der Waals surface area (Å²) < 4.78 is 0. The maximum atomic E-state index is 12.1. The van der Waals surface area contributed by atoms with Gasteiger partial charge in [-0.15, -0.1) is 0 Å². The van der Waals surface area contributed by atoms with E-state index < -0.39 is 5.97 Å². The van der Waals surface area contributed by atoms with Crippen LogP contribution < -0.4 is 0 Å². The molecule has 3 aliphatic rings. The molecule has 3 heteroatoms. The lowest BCUT2D eigenvalue weighted by molar-refractivity contribution is -0.146.